The van der Waals surface area contributed by atoms with Crippen molar-refractivity contribution in [1.82, 2.24) is 4.98 Å². The summed E-state index contributed by atoms with van der Waals surface area (Å²) < 4.78 is 5.33. The van der Waals surface area contributed by atoms with Gasteiger partial charge in [0.1, 0.15) is 5.82 Å². The summed E-state index contributed by atoms with van der Waals surface area (Å²) in [4.78, 5) is 18.7. The van der Waals surface area contributed by atoms with Gasteiger partial charge in [-0.05, 0) is 30.3 Å². The molecule has 5 nitrogen and oxygen atoms in total. The van der Waals surface area contributed by atoms with E-state index in [0.717, 1.165) is 32.0 Å². The number of benzene rings is 1. The Morgan fingerprint density at radius 3 is 2.57 bits per heavy atom. The Bertz CT molecular complexity index is 701. The van der Waals surface area contributed by atoms with Crippen LogP contribution in [0.25, 0.3) is 0 Å². The van der Waals surface area contributed by atoms with E-state index in [-0.39, 0.29) is 5.91 Å². The third-order valence-electron chi connectivity index (χ3n) is 3.55. The van der Waals surface area contributed by atoms with Crippen molar-refractivity contribution in [3.05, 3.63) is 52.1 Å². The van der Waals surface area contributed by atoms with E-state index < -0.39 is 0 Å². The summed E-state index contributed by atoms with van der Waals surface area (Å²) in [7, 11) is 0. The number of nitrogens with zero attached hydrogens (tertiary/aromatic N) is 2. The molecule has 2 aromatic rings. The van der Waals surface area contributed by atoms with E-state index in [2.05, 4.69) is 15.2 Å². The molecular formula is C16H15Cl2N3O2. The fourth-order valence-corrected chi connectivity index (χ4v) is 2.59. The molecule has 0 bridgehead atoms. The molecule has 1 aliphatic rings. The van der Waals surface area contributed by atoms with Crippen molar-refractivity contribution in [2.75, 3.05) is 36.5 Å². The van der Waals surface area contributed by atoms with E-state index in [0.29, 0.717) is 21.4 Å². The number of hydrogen-bond acceptors (Lipinski definition) is 4. The summed E-state index contributed by atoms with van der Waals surface area (Å²) in [5, 5.41) is 3.50. The minimum absolute atomic E-state index is 0.282. The van der Waals surface area contributed by atoms with Crippen LogP contribution in [0.4, 0.5) is 11.5 Å². The maximum absolute atomic E-state index is 12.2. The average Bonchev–Trinajstić information content (AvgIpc) is 2.59. The fourth-order valence-electron chi connectivity index (χ4n) is 2.29. The first-order chi connectivity index (χ1) is 11.1. The monoisotopic (exact) mass is 351 g/mol. The van der Waals surface area contributed by atoms with Crippen molar-refractivity contribution >= 4 is 40.6 Å². The molecule has 1 N–H and O–H groups in total. The Balaban J connectivity index is 1.67. The lowest BCUT2D eigenvalue weighted by atomic mass is 10.2. The van der Waals surface area contributed by atoms with Gasteiger partial charge in [-0.1, -0.05) is 23.2 Å². The van der Waals surface area contributed by atoms with Gasteiger partial charge >= 0.3 is 0 Å². The van der Waals surface area contributed by atoms with Crippen molar-refractivity contribution in [1.29, 1.82) is 0 Å². The molecule has 1 fully saturated rings. The number of carbonyl (C=O) groups excluding carboxylic acids is 1. The average molecular weight is 352 g/mol. The predicted octanol–water partition coefficient (Wildman–Crippen LogP) is 3.48. The summed E-state index contributed by atoms with van der Waals surface area (Å²) >= 11 is 11.8. The zero-order chi connectivity index (χ0) is 16.2. The van der Waals surface area contributed by atoms with Crippen LogP contribution >= 0.6 is 23.2 Å². The lowest BCUT2D eigenvalue weighted by molar-refractivity contribution is 0.102. The molecule has 0 atom stereocenters. The van der Waals surface area contributed by atoms with Crippen LogP contribution in [-0.2, 0) is 4.74 Å². The van der Waals surface area contributed by atoms with Crippen LogP contribution in [-0.4, -0.2) is 37.2 Å². The van der Waals surface area contributed by atoms with Gasteiger partial charge in [0.05, 0.1) is 35.1 Å². The van der Waals surface area contributed by atoms with Crippen LogP contribution in [0.3, 0.4) is 0 Å². The molecule has 0 saturated carbocycles. The molecule has 1 aliphatic heterocycles. The zero-order valence-electron chi connectivity index (χ0n) is 12.3. The molecule has 23 heavy (non-hydrogen) atoms. The minimum atomic E-state index is -0.282. The topological polar surface area (TPSA) is 54.5 Å². The van der Waals surface area contributed by atoms with Crippen molar-refractivity contribution in [2.24, 2.45) is 0 Å². The van der Waals surface area contributed by atoms with E-state index >= 15 is 0 Å². The largest absolute Gasteiger partial charge is 0.378 e. The number of pyridine rings is 1. The van der Waals surface area contributed by atoms with E-state index in [1.165, 1.54) is 6.07 Å². The normalized spacial score (nSPS) is 14.6. The number of morpholine rings is 1. The highest BCUT2D eigenvalue weighted by atomic mass is 35.5. The summed E-state index contributed by atoms with van der Waals surface area (Å²) in [5.41, 5.74) is 1.44. The molecule has 120 valence electrons. The molecule has 0 aliphatic carbocycles. The van der Waals surface area contributed by atoms with Gasteiger partial charge < -0.3 is 15.0 Å². The number of anilines is 2. The molecule has 7 heteroatoms. The van der Waals surface area contributed by atoms with Gasteiger partial charge in [0.25, 0.3) is 5.91 Å². The van der Waals surface area contributed by atoms with Crippen molar-refractivity contribution in [3.63, 3.8) is 0 Å². The molecular weight excluding hydrogens is 337 g/mol. The predicted molar refractivity (Wildman–Crippen MR) is 91.7 cm³/mol. The van der Waals surface area contributed by atoms with E-state index in [9.17, 15) is 4.79 Å². The number of carbonyl (C=O) groups is 1. The Hall–Kier alpha value is -1.82. The van der Waals surface area contributed by atoms with Gasteiger partial charge in [0.2, 0.25) is 0 Å². The van der Waals surface area contributed by atoms with Gasteiger partial charge in [0.15, 0.2) is 0 Å². The summed E-state index contributed by atoms with van der Waals surface area (Å²) in [5.74, 6) is 0.202. The van der Waals surface area contributed by atoms with E-state index in [4.69, 9.17) is 27.9 Å². The molecule has 1 aromatic heterocycles. The highest BCUT2D eigenvalue weighted by Crippen LogP contribution is 2.23. The third kappa shape index (κ3) is 3.93. The Morgan fingerprint density at radius 1 is 1.13 bits per heavy atom. The Morgan fingerprint density at radius 2 is 1.91 bits per heavy atom. The molecule has 3 rings (SSSR count). The van der Waals surface area contributed by atoms with Gasteiger partial charge in [-0.3, -0.25) is 4.79 Å². The second kappa shape index (κ2) is 7.17. The minimum Gasteiger partial charge on any atom is -0.378 e. The molecule has 2 heterocycles. The van der Waals surface area contributed by atoms with Crippen LogP contribution in [0, 0.1) is 0 Å². The fraction of sp³-hybridized carbons (Fsp3) is 0.250. The Kier molecular flexibility index (Phi) is 5.00. The van der Waals surface area contributed by atoms with Crippen LogP contribution in [0.15, 0.2) is 36.5 Å². The number of hydrogen-bond donors (Lipinski definition) is 1. The Labute approximate surface area is 144 Å². The van der Waals surface area contributed by atoms with Crippen molar-refractivity contribution in [2.45, 2.75) is 0 Å². The first kappa shape index (κ1) is 16.1. The van der Waals surface area contributed by atoms with Crippen LogP contribution in [0.5, 0.6) is 0 Å². The molecule has 1 amide bonds. The lowest BCUT2D eigenvalue weighted by Gasteiger charge is -2.28. The zero-order valence-corrected chi connectivity index (χ0v) is 13.8. The maximum atomic E-state index is 12.2. The maximum Gasteiger partial charge on any atom is 0.256 e. The van der Waals surface area contributed by atoms with Crippen LogP contribution in [0.1, 0.15) is 10.4 Å². The summed E-state index contributed by atoms with van der Waals surface area (Å²) in [6.45, 7) is 3.12. The molecule has 0 radical (unpaired) electrons. The second-order valence-corrected chi connectivity index (χ2v) is 5.90. The molecule has 0 spiro atoms. The number of rotatable bonds is 3. The van der Waals surface area contributed by atoms with Crippen LogP contribution in [0.2, 0.25) is 10.0 Å². The quantitative estimate of drug-likeness (QED) is 0.919. The van der Waals surface area contributed by atoms with Gasteiger partial charge in [0, 0.05) is 18.7 Å². The third-order valence-corrected chi connectivity index (χ3v) is 4.29. The molecule has 1 saturated heterocycles. The number of amides is 1. The van der Waals surface area contributed by atoms with E-state index in [1.54, 1.807) is 24.4 Å². The van der Waals surface area contributed by atoms with E-state index in [1.807, 2.05) is 6.07 Å². The first-order valence-corrected chi connectivity index (χ1v) is 7.94. The highest BCUT2D eigenvalue weighted by molar-refractivity contribution is 6.42. The number of ether oxygens (including phenoxy) is 1. The summed E-state index contributed by atoms with van der Waals surface area (Å²) in [6, 6.07) is 8.45. The summed E-state index contributed by atoms with van der Waals surface area (Å²) in [6.07, 6.45) is 1.75. The number of halogens is 2. The molecule has 1 aromatic carbocycles. The first-order valence-electron chi connectivity index (χ1n) is 7.18. The SMILES string of the molecule is O=C(Nc1ccc(N2CCOCC2)cn1)c1ccc(Cl)c(Cl)c1. The second-order valence-electron chi connectivity index (χ2n) is 5.08. The van der Waals surface area contributed by atoms with Crippen LogP contribution < -0.4 is 10.2 Å². The van der Waals surface area contributed by atoms with Crippen molar-refractivity contribution < 1.29 is 9.53 Å². The van der Waals surface area contributed by atoms with Gasteiger partial charge in [-0.15, -0.1) is 0 Å². The van der Waals surface area contributed by atoms with Gasteiger partial charge in [-0.2, -0.15) is 0 Å². The van der Waals surface area contributed by atoms with Crippen molar-refractivity contribution in [3.8, 4) is 0 Å². The highest BCUT2D eigenvalue weighted by Gasteiger charge is 2.12. The number of nitrogens with one attached hydrogen (secondary N) is 1. The number of aromatic nitrogens is 1. The lowest BCUT2D eigenvalue weighted by Crippen LogP contribution is -2.36. The standard InChI is InChI=1S/C16H15Cl2N3O2/c17-13-3-1-11(9-14(13)18)16(22)20-15-4-2-12(10-19-15)21-5-7-23-8-6-21/h1-4,9-10H,5-8H2,(H,19,20,22). The molecule has 0 unspecified atom stereocenters. The smallest absolute Gasteiger partial charge is 0.256 e. The van der Waals surface area contributed by atoms with Gasteiger partial charge in [-0.25, -0.2) is 4.98 Å².